The predicted molar refractivity (Wildman–Crippen MR) is 282 cm³/mol. The molecular formula is C63H45OPS. The molecule has 0 fully saturated rings. The molecule has 0 bridgehead atoms. The normalized spacial score (nSPS) is 12.9. The van der Waals surface area contributed by atoms with E-state index < -0.39 is 12.6 Å². The van der Waals surface area contributed by atoms with Crippen LogP contribution in [-0.2, 0) is 9.98 Å². The Balaban J connectivity index is 1.06. The zero-order valence-corrected chi connectivity index (χ0v) is 38.5. The Kier molecular flexibility index (Phi) is 9.72. The number of hydrogen-bond acceptors (Lipinski definition) is 2. The second-order valence-corrected chi connectivity index (χ2v) is 21.5. The van der Waals surface area contributed by atoms with Gasteiger partial charge in [-0.3, -0.25) is 0 Å². The molecule has 12 rings (SSSR count). The molecule has 0 aliphatic heterocycles. The van der Waals surface area contributed by atoms with Gasteiger partial charge in [-0.15, -0.1) is 11.3 Å². The highest BCUT2D eigenvalue weighted by atomic mass is 32.1. The van der Waals surface area contributed by atoms with Crippen LogP contribution < -0.4 is 15.9 Å². The maximum absolute atomic E-state index is 15.5. The quantitative estimate of drug-likeness (QED) is 0.139. The maximum atomic E-state index is 15.5. The van der Waals surface area contributed by atoms with Crippen molar-refractivity contribution < 1.29 is 4.57 Å². The third-order valence-electron chi connectivity index (χ3n) is 13.8. The van der Waals surface area contributed by atoms with Crippen LogP contribution in [-0.4, -0.2) is 0 Å². The average Bonchev–Trinajstić information content (AvgIpc) is 3.91. The van der Waals surface area contributed by atoms with Gasteiger partial charge in [-0.25, -0.2) is 0 Å². The lowest BCUT2D eigenvalue weighted by atomic mass is 9.67. The van der Waals surface area contributed by atoms with E-state index in [0.717, 1.165) is 27.0 Å². The number of benzene rings is 10. The molecule has 0 saturated heterocycles. The van der Waals surface area contributed by atoms with Crippen molar-refractivity contribution in [3.8, 4) is 44.5 Å². The number of thiophene rings is 1. The van der Waals surface area contributed by atoms with Gasteiger partial charge in [0, 0.05) is 36.1 Å². The lowest BCUT2D eigenvalue weighted by Crippen LogP contribution is -2.28. The second kappa shape index (κ2) is 16.0. The molecule has 0 unspecified atom stereocenters. The molecule has 1 aliphatic carbocycles. The summed E-state index contributed by atoms with van der Waals surface area (Å²) in [5, 5.41) is 5.09. The molecule has 1 aromatic heterocycles. The minimum atomic E-state index is -3.16. The first-order valence-corrected chi connectivity index (χ1v) is 25.2. The number of fused-ring (bicyclic) bond motifs is 6. The van der Waals surface area contributed by atoms with Crippen LogP contribution >= 0.6 is 18.5 Å². The predicted octanol–water partition coefficient (Wildman–Crippen LogP) is 15.7. The van der Waals surface area contributed by atoms with E-state index in [-0.39, 0.29) is 0 Å². The molecule has 66 heavy (non-hydrogen) atoms. The van der Waals surface area contributed by atoms with Crippen LogP contribution in [0.5, 0.6) is 0 Å². The standard InChI is InChI=1S/C63H45OPS/c1-42-23-34-48(35-24-42)63(49-36-25-43(2)26-37-49)57-20-11-18-53(45-29-27-44(28-30-45)47-33-40-60-56(41-47)55-17-9-10-22-59(55)66-60)61(57)62-54(19-12-21-58(62)63)46-31-38-52(39-32-46)65(64,50-13-5-3-6-14-50)51-15-7-4-8-16-51/h3-41H,1-2H3. The Hall–Kier alpha value is -7.35. The lowest BCUT2D eigenvalue weighted by molar-refractivity contribution is 0.592. The summed E-state index contributed by atoms with van der Waals surface area (Å²) in [5.74, 6) is 0. The fourth-order valence-electron chi connectivity index (χ4n) is 10.6. The van der Waals surface area contributed by atoms with Crippen molar-refractivity contribution in [1.29, 1.82) is 0 Å². The van der Waals surface area contributed by atoms with Crippen molar-refractivity contribution in [3.05, 3.63) is 270 Å². The molecule has 314 valence electrons. The summed E-state index contributed by atoms with van der Waals surface area (Å²) in [5.41, 5.74) is 16.3. The fraction of sp³-hybridized carbons (Fsp3) is 0.0476. The highest BCUT2D eigenvalue weighted by molar-refractivity contribution is 7.85. The molecule has 1 heterocycles. The molecule has 11 aromatic rings. The Morgan fingerprint density at radius 2 is 0.803 bits per heavy atom. The summed E-state index contributed by atoms with van der Waals surface area (Å²) in [7, 11) is -3.16. The Morgan fingerprint density at radius 3 is 1.35 bits per heavy atom. The molecule has 0 atom stereocenters. The maximum Gasteiger partial charge on any atom is 0.171 e. The SMILES string of the molecule is Cc1ccc(C2(c3ccc(C)cc3)c3cccc(-c4ccc(-c5ccc6sc7ccccc7c6c5)cc4)c3-c3c(-c4ccc(P(=O)(c5ccccc5)c5ccccc5)cc4)cccc32)cc1. The van der Waals surface area contributed by atoms with Crippen molar-refractivity contribution >= 4 is 54.6 Å². The summed E-state index contributed by atoms with van der Waals surface area (Å²) < 4.78 is 18.1. The van der Waals surface area contributed by atoms with E-state index in [2.05, 4.69) is 190 Å². The highest BCUT2D eigenvalue weighted by Crippen LogP contribution is 2.60. The molecule has 3 heteroatoms. The molecule has 10 aromatic carbocycles. The molecule has 0 saturated carbocycles. The van der Waals surface area contributed by atoms with Crippen LogP contribution in [0.25, 0.3) is 64.7 Å². The van der Waals surface area contributed by atoms with Gasteiger partial charge in [-0.05, 0) is 98.8 Å². The monoisotopic (exact) mass is 880 g/mol. The first kappa shape index (κ1) is 40.2. The molecule has 0 radical (unpaired) electrons. The largest absolute Gasteiger partial charge is 0.309 e. The Morgan fingerprint density at radius 1 is 0.364 bits per heavy atom. The molecular weight excluding hydrogens is 836 g/mol. The van der Waals surface area contributed by atoms with Gasteiger partial charge in [0.05, 0.1) is 5.41 Å². The van der Waals surface area contributed by atoms with Crippen LogP contribution in [0, 0.1) is 13.8 Å². The Bertz CT molecular complexity index is 3560. The first-order valence-electron chi connectivity index (χ1n) is 22.7. The van der Waals surface area contributed by atoms with Gasteiger partial charge in [0.2, 0.25) is 0 Å². The van der Waals surface area contributed by atoms with E-state index in [1.807, 2.05) is 72.0 Å². The summed E-state index contributed by atoms with van der Waals surface area (Å²) in [4.78, 5) is 0. The van der Waals surface area contributed by atoms with Crippen molar-refractivity contribution in [2.24, 2.45) is 0 Å². The van der Waals surface area contributed by atoms with Gasteiger partial charge in [0.1, 0.15) is 0 Å². The van der Waals surface area contributed by atoms with Gasteiger partial charge in [0.25, 0.3) is 0 Å². The lowest BCUT2D eigenvalue weighted by Gasteiger charge is -2.34. The first-order chi connectivity index (χ1) is 32.4. The van der Waals surface area contributed by atoms with Gasteiger partial charge in [-0.1, -0.05) is 230 Å². The molecule has 1 nitrogen and oxygen atoms in total. The highest BCUT2D eigenvalue weighted by Gasteiger charge is 2.48. The number of rotatable bonds is 8. The summed E-state index contributed by atoms with van der Waals surface area (Å²) in [6.45, 7) is 4.33. The zero-order chi connectivity index (χ0) is 44.4. The number of aryl methyl sites for hydroxylation is 2. The van der Waals surface area contributed by atoms with Crippen molar-refractivity contribution in [1.82, 2.24) is 0 Å². The van der Waals surface area contributed by atoms with Crippen molar-refractivity contribution in [2.75, 3.05) is 0 Å². The summed E-state index contributed by atoms with van der Waals surface area (Å²) in [6, 6.07) is 85.3. The van der Waals surface area contributed by atoms with Crippen LogP contribution in [0.1, 0.15) is 33.4 Å². The van der Waals surface area contributed by atoms with Gasteiger partial charge < -0.3 is 4.57 Å². The molecule has 0 N–H and O–H groups in total. The Labute approximate surface area is 390 Å². The summed E-state index contributed by atoms with van der Waals surface area (Å²) >= 11 is 1.86. The smallest absolute Gasteiger partial charge is 0.171 e. The van der Waals surface area contributed by atoms with E-state index in [9.17, 15) is 0 Å². The van der Waals surface area contributed by atoms with Gasteiger partial charge >= 0.3 is 0 Å². The third kappa shape index (κ3) is 6.32. The van der Waals surface area contributed by atoms with Crippen molar-refractivity contribution in [2.45, 2.75) is 19.3 Å². The fourth-order valence-corrected chi connectivity index (χ4v) is 14.3. The van der Waals surface area contributed by atoms with Crippen molar-refractivity contribution in [3.63, 3.8) is 0 Å². The van der Waals surface area contributed by atoms with Gasteiger partial charge in [0.15, 0.2) is 7.14 Å². The molecule has 0 spiro atoms. The van der Waals surface area contributed by atoms with E-state index in [1.54, 1.807) is 0 Å². The van der Waals surface area contributed by atoms with E-state index >= 15 is 4.57 Å². The molecule has 1 aliphatic rings. The molecule has 0 amide bonds. The van der Waals surface area contributed by atoms with Gasteiger partial charge in [-0.2, -0.15) is 0 Å². The van der Waals surface area contributed by atoms with E-state index in [4.69, 9.17) is 0 Å². The van der Waals surface area contributed by atoms with Crippen LogP contribution in [0.2, 0.25) is 0 Å². The van der Waals surface area contributed by atoms with E-state index in [1.165, 1.54) is 86.9 Å². The third-order valence-corrected chi connectivity index (χ3v) is 18.1. The minimum absolute atomic E-state index is 0.590. The minimum Gasteiger partial charge on any atom is -0.309 e. The van der Waals surface area contributed by atoms with Crippen LogP contribution in [0.3, 0.4) is 0 Å². The second-order valence-electron chi connectivity index (χ2n) is 17.7. The summed E-state index contributed by atoms with van der Waals surface area (Å²) in [6.07, 6.45) is 0. The van der Waals surface area contributed by atoms with Crippen LogP contribution in [0.15, 0.2) is 237 Å². The number of hydrogen-bond donors (Lipinski definition) is 0. The average molecular weight is 881 g/mol. The zero-order valence-electron chi connectivity index (χ0n) is 36.8. The van der Waals surface area contributed by atoms with Crippen LogP contribution in [0.4, 0.5) is 0 Å². The topological polar surface area (TPSA) is 17.1 Å². The van der Waals surface area contributed by atoms with E-state index in [0.29, 0.717) is 0 Å².